The number of hydrogen-bond acceptors (Lipinski definition) is 4. The highest BCUT2D eigenvalue weighted by Gasteiger charge is 2.58. The van der Waals surface area contributed by atoms with Crippen LogP contribution in [0.15, 0.2) is 40.9 Å². The summed E-state index contributed by atoms with van der Waals surface area (Å²) < 4.78 is 27.0. The number of hydrogen-bond donors (Lipinski definition) is 0. The fraction of sp³-hybridized carbons (Fsp3) is 0.500. The second-order valence-corrected chi connectivity index (χ2v) is 12.8. The molecule has 0 N–H and O–H groups in total. The molecule has 0 unspecified atom stereocenters. The zero-order valence-corrected chi connectivity index (χ0v) is 24.4. The molecule has 2 aliphatic rings. The summed E-state index contributed by atoms with van der Waals surface area (Å²) in [7, 11) is 0. The van der Waals surface area contributed by atoms with Gasteiger partial charge in [0.05, 0.1) is 16.8 Å². The van der Waals surface area contributed by atoms with Gasteiger partial charge in [0.15, 0.2) is 0 Å². The van der Waals surface area contributed by atoms with Gasteiger partial charge in [-0.15, -0.1) is 0 Å². The smallest absolute Gasteiger partial charge is 0.415 e. The number of halogens is 3. The summed E-state index contributed by atoms with van der Waals surface area (Å²) in [6.45, 7) is 11.3. The molecule has 0 aromatic heterocycles. The molecule has 1 saturated heterocycles. The van der Waals surface area contributed by atoms with Crippen LogP contribution in [0.2, 0.25) is 5.02 Å². The summed E-state index contributed by atoms with van der Waals surface area (Å²) in [5.74, 6) is -0.653. The molecule has 0 saturated carbocycles. The normalized spacial score (nSPS) is 21.7. The number of carbonyl (C=O) groups is 2. The number of benzene rings is 2. The molecule has 0 radical (unpaired) electrons. The third kappa shape index (κ3) is 5.19. The molecule has 2 amide bonds. The fourth-order valence-electron chi connectivity index (χ4n) is 5.34. The lowest BCUT2D eigenvalue weighted by Crippen LogP contribution is -2.61. The molecule has 4 rings (SSSR count). The molecular weight excluding hydrogens is 563 g/mol. The van der Waals surface area contributed by atoms with Crippen LogP contribution in [-0.4, -0.2) is 40.9 Å². The van der Waals surface area contributed by atoms with E-state index in [-0.39, 0.29) is 5.02 Å². The minimum atomic E-state index is -1.08. The van der Waals surface area contributed by atoms with E-state index in [1.54, 1.807) is 25.7 Å². The second-order valence-electron chi connectivity index (χ2n) is 11.6. The Hall–Kier alpha value is -2.32. The van der Waals surface area contributed by atoms with E-state index in [1.165, 1.54) is 11.0 Å². The molecule has 1 fully saturated rings. The van der Waals surface area contributed by atoms with Crippen LogP contribution >= 0.6 is 27.5 Å². The maximum atomic E-state index is 15.0. The summed E-state index contributed by atoms with van der Waals surface area (Å²) in [6.07, 6.45) is 0.576. The maximum absolute atomic E-state index is 15.0. The Bertz CT molecular complexity index is 1210. The van der Waals surface area contributed by atoms with Crippen LogP contribution in [0.4, 0.5) is 19.7 Å². The highest BCUT2D eigenvalue weighted by molar-refractivity contribution is 9.10. The van der Waals surface area contributed by atoms with E-state index >= 15 is 4.39 Å². The van der Waals surface area contributed by atoms with Gasteiger partial charge in [0.1, 0.15) is 22.6 Å². The van der Waals surface area contributed by atoms with Gasteiger partial charge in [-0.2, -0.15) is 0 Å². The molecule has 0 spiro atoms. The number of nitrogens with zero attached hydrogens (tertiary/aromatic N) is 2. The van der Waals surface area contributed by atoms with Gasteiger partial charge < -0.3 is 14.4 Å². The SMILES string of the molecule is CC(C)(C)OC(=O)N1CCC[C@H]1[C@@]1(c2ccccc2)Cc2c(cc(F)c(Cl)c2Br)N1C(=O)OC(C)(C)C. The van der Waals surface area contributed by atoms with Crippen LogP contribution < -0.4 is 4.90 Å². The van der Waals surface area contributed by atoms with Gasteiger partial charge >= 0.3 is 12.2 Å². The molecule has 2 atom stereocenters. The van der Waals surface area contributed by atoms with E-state index in [1.807, 2.05) is 51.1 Å². The highest BCUT2D eigenvalue weighted by atomic mass is 79.9. The summed E-state index contributed by atoms with van der Waals surface area (Å²) in [4.78, 5) is 30.6. The second kappa shape index (κ2) is 9.77. The number of amides is 2. The minimum Gasteiger partial charge on any atom is -0.444 e. The van der Waals surface area contributed by atoms with Crippen molar-refractivity contribution in [2.75, 3.05) is 11.4 Å². The fourth-order valence-corrected chi connectivity index (χ4v) is 6.04. The van der Waals surface area contributed by atoms with Gasteiger partial charge in [-0.05, 0) is 87.5 Å². The van der Waals surface area contributed by atoms with Gasteiger partial charge in [0.25, 0.3) is 0 Å². The Balaban J connectivity index is 1.97. The zero-order valence-electron chi connectivity index (χ0n) is 22.0. The van der Waals surface area contributed by atoms with E-state index in [2.05, 4.69) is 15.9 Å². The predicted octanol–water partition coefficient (Wildman–Crippen LogP) is 7.83. The lowest BCUT2D eigenvalue weighted by Gasteiger charge is -2.46. The topological polar surface area (TPSA) is 59.1 Å². The standard InChI is InChI=1S/C28H33BrClFN2O4/c1-26(2,3)36-24(34)32-14-10-13-21(32)28(17-11-8-7-9-12-17)16-18-20(15-19(31)23(30)22(18)29)33(28)25(35)37-27(4,5)6/h7-9,11-12,15,21H,10,13-14,16H2,1-6H3/t21-,28-/m0/s1. The maximum Gasteiger partial charge on any atom is 0.415 e. The van der Waals surface area contributed by atoms with Crippen molar-refractivity contribution >= 4 is 45.4 Å². The van der Waals surface area contributed by atoms with Gasteiger partial charge in [0, 0.05) is 17.4 Å². The number of rotatable bonds is 2. The van der Waals surface area contributed by atoms with E-state index in [4.69, 9.17) is 21.1 Å². The lowest BCUT2D eigenvalue weighted by atomic mass is 9.78. The Morgan fingerprint density at radius 2 is 1.65 bits per heavy atom. The number of likely N-dealkylation sites (tertiary alicyclic amines) is 1. The zero-order chi connectivity index (χ0) is 27.3. The predicted molar refractivity (Wildman–Crippen MR) is 146 cm³/mol. The molecule has 2 aromatic carbocycles. The number of fused-ring (bicyclic) bond motifs is 1. The molecule has 200 valence electrons. The first-order valence-corrected chi connectivity index (χ1v) is 13.6. The van der Waals surface area contributed by atoms with Crippen LogP contribution in [0, 0.1) is 5.82 Å². The first-order valence-electron chi connectivity index (χ1n) is 12.4. The van der Waals surface area contributed by atoms with Crippen molar-refractivity contribution in [3.05, 3.63) is 62.8 Å². The average Bonchev–Trinajstić information content (AvgIpc) is 3.40. The van der Waals surface area contributed by atoms with Crippen LogP contribution in [0.5, 0.6) is 0 Å². The Labute approximate surface area is 231 Å². The van der Waals surface area contributed by atoms with Crippen LogP contribution in [0.25, 0.3) is 0 Å². The van der Waals surface area contributed by atoms with Crippen molar-refractivity contribution in [2.45, 2.75) is 83.6 Å². The monoisotopic (exact) mass is 594 g/mol. The van der Waals surface area contributed by atoms with Gasteiger partial charge in [-0.3, -0.25) is 4.90 Å². The summed E-state index contributed by atoms with van der Waals surface area (Å²) >= 11 is 9.79. The van der Waals surface area contributed by atoms with Crippen molar-refractivity contribution in [2.24, 2.45) is 0 Å². The summed E-state index contributed by atoms with van der Waals surface area (Å²) in [5.41, 5.74) is -0.724. The van der Waals surface area contributed by atoms with Crippen molar-refractivity contribution < 1.29 is 23.5 Å². The van der Waals surface area contributed by atoms with Gasteiger partial charge in [-0.1, -0.05) is 41.9 Å². The minimum absolute atomic E-state index is 0.0535. The quantitative estimate of drug-likeness (QED) is 0.332. The van der Waals surface area contributed by atoms with Crippen molar-refractivity contribution in [3.63, 3.8) is 0 Å². The first kappa shape index (κ1) is 27.7. The molecular formula is C28H33BrClFN2O4. The Kier molecular flexibility index (Phi) is 7.32. The third-order valence-electron chi connectivity index (χ3n) is 6.61. The largest absolute Gasteiger partial charge is 0.444 e. The molecule has 37 heavy (non-hydrogen) atoms. The van der Waals surface area contributed by atoms with Crippen LogP contribution in [0.1, 0.15) is 65.5 Å². The molecule has 9 heteroatoms. The summed E-state index contributed by atoms with van der Waals surface area (Å²) in [6, 6.07) is 10.4. The first-order chi connectivity index (χ1) is 17.2. The van der Waals surface area contributed by atoms with Gasteiger partial charge in [-0.25, -0.2) is 14.0 Å². The van der Waals surface area contributed by atoms with Crippen molar-refractivity contribution in [1.29, 1.82) is 0 Å². The van der Waals surface area contributed by atoms with Crippen molar-refractivity contribution in [3.8, 4) is 0 Å². The highest BCUT2D eigenvalue weighted by Crippen LogP contribution is 2.54. The summed E-state index contributed by atoms with van der Waals surface area (Å²) in [5, 5.41) is -0.0535. The number of carbonyl (C=O) groups excluding carboxylic acids is 2. The molecule has 0 bridgehead atoms. The molecule has 0 aliphatic carbocycles. The van der Waals surface area contributed by atoms with E-state index in [0.717, 1.165) is 12.0 Å². The van der Waals surface area contributed by atoms with E-state index < -0.39 is 40.8 Å². The number of ether oxygens (including phenoxy) is 2. The van der Waals surface area contributed by atoms with Crippen LogP contribution in [0.3, 0.4) is 0 Å². The molecule has 2 aromatic rings. The average molecular weight is 596 g/mol. The lowest BCUT2D eigenvalue weighted by molar-refractivity contribution is 0.0123. The molecule has 6 nitrogen and oxygen atoms in total. The Morgan fingerprint density at radius 1 is 1.05 bits per heavy atom. The van der Waals surface area contributed by atoms with Crippen LogP contribution in [-0.2, 0) is 21.4 Å². The molecule has 2 aliphatic heterocycles. The van der Waals surface area contributed by atoms with E-state index in [0.29, 0.717) is 35.1 Å². The molecule has 2 heterocycles. The Morgan fingerprint density at radius 3 is 2.24 bits per heavy atom. The van der Waals surface area contributed by atoms with Crippen molar-refractivity contribution in [1.82, 2.24) is 4.90 Å². The van der Waals surface area contributed by atoms with E-state index in [9.17, 15) is 9.59 Å². The number of anilines is 1. The van der Waals surface area contributed by atoms with Gasteiger partial charge in [0.2, 0.25) is 0 Å². The third-order valence-corrected chi connectivity index (χ3v) is 8.08.